The third kappa shape index (κ3) is 8.02. The first-order chi connectivity index (χ1) is 21.1. The Hall–Kier alpha value is -4.70. The largest absolute Gasteiger partial charge is 0.494 e. The van der Waals surface area contributed by atoms with Gasteiger partial charge < -0.3 is 15.0 Å². The number of halogens is 1. The van der Waals surface area contributed by atoms with Crippen LogP contribution in [0.3, 0.4) is 0 Å². The van der Waals surface area contributed by atoms with Crippen LogP contribution in [-0.2, 0) is 32.6 Å². The van der Waals surface area contributed by atoms with E-state index in [0.717, 1.165) is 33.1 Å². The van der Waals surface area contributed by atoms with E-state index < -0.39 is 40.2 Å². The third-order valence-corrected chi connectivity index (χ3v) is 8.86. The van der Waals surface area contributed by atoms with Crippen molar-refractivity contribution in [1.82, 2.24) is 10.2 Å². The molecule has 0 aliphatic carbocycles. The minimum absolute atomic E-state index is 0.0613. The molecule has 0 aliphatic heterocycles. The van der Waals surface area contributed by atoms with E-state index in [1.165, 1.54) is 48.3 Å². The number of nitrogens with one attached hydrogen (secondary N) is 1. The van der Waals surface area contributed by atoms with Crippen molar-refractivity contribution in [2.24, 2.45) is 0 Å². The first-order valence-corrected chi connectivity index (χ1v) is 15.7. The number of likely N-dealkylation sites (N-methyl/N-ethyl adjacent to an activating group) is 1. The zero-order valence-corrected chi connectivity index (χ0v) is 25.8. The lowest BCUT2D eigenvalue weighted by molar-refractivity contribution is -0.139. The quantitative estimate of drug-likeness (QED) is 0.225. The van der Waals surface area contributed by atoms with E-state index in [4.69, 9.17) is 4.74 Å². The van der Waals surface area contributed by atoms with Gasteiger partial charge in [-0.3, -0.25) is 13.9 Å². The van der Waals surface area contributed by atoms with E-state index in [0.29, 0.717) is 12.4 Å². The summed E-state index contributed by atoms with van der Waals surface area (Å²) in [5.41, 5.74) is 2.69. The topological polar surface area (TPSA) is 96.0 Å². The summed E-state index contributed by atoms with van der Waals surface area (Å²) in [5.74, 6) is -1.05. The fourth-order valence-electron chi connectivity index (χ4n) is 4.87. The second-order valence-electron chi connectivity index (χ2n) is 10.2. The van der Waals surface area contributed by atoms with Gasteiger partial charge in [0.2, 0.25) is 11.8 Å². The molecule has 8 nitrogen and oxygen atoms in total. The molecule has 0 aromatic heterocycles. The van der Waals surface area contributed by atoms with Crippen LogP contribution in [0.1, 0.15) is 23.6 Å². The number of nitrogens with zero attached hydrogens (tertiary/aromatic N) is 2. The number of ether oxygens (including phenoxy) is 1. The summed E-state index contributed by atoms with van der Waals surface area (Å²) in [6, 6.07) is 26.6. The Kier molecular flexibility index (Phi) is 10.7. The van der Waals surface area contributed by atoms with Crippen LogP contribution in [0.4, 0.5) is 10.1 Å². The smallest absolute Gasteiger partial charge is 0.264 e. The minimum Gasteiger partial charge on any atom is -0.494 e. The molecule has 0 bridgehead atoms. The second-order valence-corrected chi connectivity index (χ2v) is 12.1. The van der Waals surface area contributed by atoms with Gasteiger partial charge in [-0.25, -0.2) is 12.8 Å². The van der Waals surface area contributed by atoms with E-state index in [9.17, 15) is 22.4 Å². The maximum Gasteiger partial charge on any atom is 0.264 e. The fourth-order valence-corrected chi connectivity index (χ4v) is 6.28. The molecular weight excluding hydrogens is 581 g/mol. The fraction of sp³-hybridized carbons (Fsp3) is 0.235. The molecule has 1 N–H and O–H groups in total. The van der Waals surface area contributed by atoms with Crippen LogP contribution in [-0.4, -0.2) is 51.4 Å². The molecule has 0 saturated carbocycles. The van der Waals surface area contributed by atoms with Gasteiger partial charge in [-0.2, -0.15) is 0 Å². The van der Waals surface area contributed by atoms with Crippen LogP contribution in [0.25, 0.3) is 0 Å². The van der Waals surface area contributed by atoms with Gasteiger partial charge in [0, 0.05) is 20.0 Å². The average Bonchev–Trinajstić information content (AvgIpc) is 3.02. The molecule has 4 aromatic carbocycles. The number of sulfonamides is 1. The van der Waals surface area contributed by atoms with Crippen LogP contribution < -0.4 is 14.4 Å². The molecular formula is C34H36FN3O5S. The lowest BCUT2D eigenvalue weighted by atomic mass is 10.0. The Morgan fingerprint density at radius 1 is 0.886 bits per heavy atom. The normalized spacial score (nSPS) is 11.8. The van der Waals surface area contributed by atoms with Gasteiger partial charge in [0.25, 0.3) is 10.0 Å². The molecule has 0 saturated heterocycles. The van der Waals surface area contributed by atoms with Crippen molar-refractivity contribution in [3.8, 4) is 5.75 Å². The second kappa shape index (κ2) is 14.7. The first-order valence-electron chi connectivity index (χ1n) is 14.2. The lowest BCUT2D eigenvalue weighted by Crippen LogP contribution is -2.53. The summed E-state index contributed by atoms with van der Waals surface area (Å²) < 4.78 is 48.4. The highest BCUT2D eigenvalue weighted by atomic mass is 32.2. The lowest BCUT2D eigenvalue weighted by Gasteiger charge is -2.33. The number of rotatable bonds is 13. The predicted molar refractivity (Wildman–Crippen MR) is 168 cm³/mol. The van der Waals surface area contributed by atoms with E-state index in [2.05, 4.69) is 5.32 Å². The number of carbonyl (C=O) groups excluding carboxylic acids is 2. The molecule has 2 amide bonds. The van der Waals surface area contributed by atoms with Crippen LogP contribution in [0.2, 0.25) is 0 Å². The average molecular weight is 618 g/mol. The molecule has 0 spiro atoms. The van der Waals surface area contributed by atoms with Gasteiger partial charge in [-0.05, 0) is 73.5 Å². The highest BCUT2D eigenvalue weighted by molar-refractivity contribution is 7.92. The number of benzene rings is 4. The summed E-state index contributed by atoms with van der Waals surface area (Å²) in [5, 5.41) is 2.66. The number of aryl methyl sites for hydroxylation is 1. The molecule has 10 heteroatoms. The summed E-state index contributed by atoms with van der Waals surface area (Å²) in [6.07, 6.45) is 0.209. The van der Waals surface area contributed by atoms with Gasteiger partial charge in [0.1, 0.15) is 24.2 Å². The molecule has 230 valence electrons. The number of hydrogen-bond acceptors (Lipinski definition) is 5. The molecule has 4 aromatic rings. The van der Waals surface area contributed by atoms with Crippen molar-refractivity contribution in [1.29, 1.82) is 0 Å². The van der Waals surface area contributed by atoms with Gasteiger partial charge in [0.15, 0.2) is 0 Å². The van der Waals surface area contributed by atoms with E-state index in [1.807, 2.05) is 68.4 Å². The Balaban J connectivity index is 1.77. The van der Waals surface area contributed by atoms with E-state index >= 15 is 0 Å². The zero-order chi connectivity index (χ0) is 31.7. The van der Waals surface area contributed by atoms with E-state index in [-0.39, 0.29) is 23.5 Å². The van der Waals surface area contributed by atoms with Gasteiger partial charge in [-0.15, -0.1) is 0 Å². The van der Waals surface area contributed by atoms with Crippen LogP contribution in [0.15, 0.2) is 108 Å². The van der Waals surface area contributed by atoms with Crippen molar-refractivity contribution in [3.63, 3.8) is 0 Å². The summed E-state index contributed by atoms with van der Waals surface area (Å²) in [6.45, 7) is 3.59. The monoisotopic (exact) mass is 617 g/mol. The number of anilines is 1. The molecule has 0 heterocycles. The maximum atomic E-state index is 14.3. The maximum absolute atomic E-state index is 14.3. The molecule has 44 heavy (non-hydrogen) atoms. The predicted octanol–water partition coefficient (Wildman–Crippen LogP) is 5.11. The third-order valence-electron chi connectivity index (χ3n) is 7.07. The Bertz CT molecular complexity index is 1660. The Labute approximate surface area is 258 Å². The highest BCUT2D eigenvalue weighted by Gasteiger charge is 2.34. The number of hydrogen-bond donors (Lipinski definition) is 1. The van der Waals surface area contributed by atoms with E-state index in [1.54, 1.807) is 0 Å². The summed E-state index contributed by atoms with van der Waals surface area (Å²) in [4.78, 5) is 29.0. The number of carbonyl (C=O) groups is 2. The standard InChI is InChI=1S/C34H36FN3O5S/c1-4-43-30-17-19-31(20-18-30)44(41,42)38(29-15-13-28(35)14-16-29)24-33(39)37(23-27-12-8-9-25(2)21-27)32(34(40)36-3)22-26-10-6-5-7-11-26/h5-21,32H,4,22-24H2,1-3H3,(H,36,40). The molecule has 1 unspecified atom stereocenters. The molecule has 1 atom stereocenters. The zero-order valence-electron chi connectivity index (χ0n) is 24.9. The van der Waals surface area contributed by atoms with Crippen LogP contribution in [0.5, 0.6) is 5.75 Å². The van der Waals surface area contributed by atoms with Gasteiger partial charge in [0.05, 0.1) is 17.2 Å². The van der Waals surface area contributed by atoms with Crippen molar-refractivity contribution >= 4 is 27.5 Å². The van der Waals surface area contributed by atoms with Crippen molar-refractivity contribution in [2.45, 2.75) is 37.8 Å². The molecule has 0 aliphatic rings. The van der Waals surface area contributed by atoms with Crippen LogP contribution in [0, 0.1) is 12.7 Å². The highest BCUT2D eigenvalue weighted by Crippen LogP contribution is 2.27. The molecule has 0 fully saturated rings. The minimum atomic E-state index is -4.31. The van der Waals surface area contributed by atoms with Crippen molar-refractivity contribution in [2.75, 3.05) is 24.5 Å². The molecule has 4 rings (SSSR count). The van der Waals surface area contributed by atoms with Gasteiger partial charge in [-0.1, -0.05) is 60.2 Å². The summed E-state index contributed by atoms with van der Waals surface area (Å²) in [7, 11) is -2.81. The SMILES string of the molecule is CCOc1ccc(S(=O)(=O)N(CC(=O)N(Cc2cccc(C)c2)C(Cc2ccccc2)C(=O)NC)c2ccc(F)cc2)cc1. The van der Waals surface area contributed by atoms with Crippen molar-refractivity contribution < 1.29 is 27.1 Å². The molecule has 0 radical (unpaired) electrons. The Morgan fingerprint density at radius 2 is 1.55 bits per heavy atom. The van der Waals surface area contributed by atoms with Crippen LogP contribution >= 0.6 is 0 Å². The Morgan fingerprint density at radius 3 is 2.16 bits per heavy atom. The van der Waals surface area contributed by atoms with Gasteiger partial charge >= 0.3 is 0 Å². The first kappa shape index (κ1) is 32.2. The van der Waals surface area contributed by atoms with Crippen molar-refractivity contribution in [3.05, 3.63) is 126 Å². The number of amides is 2. The summed E-state index contributed by atoms with van der Waals surface area (Å²) >= 11 is 0.